The van der Waals surface area contributed by atoms with Crippen molar-refractivity contribution in [1.29, 1.82) is 0 Å². The first-order valence-corrected chi connectivity index (χ1v) is 6.72. The molecule has 0 saturated carbocycles. The molecule has 0 aromatic carbocycles. The zero-order valence-electron chi connectivity index (χ0n) is 10.6. The molecule has 0 aliphatic rings. The van der Waals surface area contributed by atoms with Gasteiger partial charge in [0.2, 0.25) is 0 Å². The molecule has 7 heteroatoms. The number of hydrogen-bond donors (Lipinski definition) is 1. The zero-order chi connectivity index (χ0) is 14.6. The van der Waals surface area contributed by atoms with Gasteiger partial charge in [0.05, 0.1) is 10.6 Å². The molecule has 19 heavy (non-hydrogen) atoms. The molecule has 0 aliphatic carbocycles. The molecule has 0 fully saturated rings. The van der Waals surface area contributed by atoms with E-state index in [1.165, 1.54) is 0 Å². The van der Waals surface area contributed by atoms with Crippen LogP contribution in [0, 0.1) is 5.92 Å². The number of aromatic nitrogens is 1. The van der Waals surface area contributed by atoms with E-state index in [0.29, 0.717) is 12.3 Å². The topological polar surface area (TPSA) is 24.9 Å². The largest absolute Gasteiger partial charge is 0.417 e. The zero-order valence-corrected chi connectivity index (χ0v) is 12.1. The molecule has 0 radical (unpaired) electrons. The molecule has 2 nitrogen and oxygen atoms in total. The van der Waals surface area contributed by atoms with Gasteiger partial charge < -0.3 is 5.32 Å². The fourth-order valence-electron chi connectivity index (χ4n) is 1.56. The van der Waals surface area contributed by atoms with E-state index in [1.807, 2.05) is 13.8 Å². The molecule has 0 spiro atoms. The number of pyridine rings is 1. The second kappa shape index (κ2) is 6.66. The molecule has 0 amide bonds. The number of halogens is 5. The fraction of sp³-hybridized carbons (Fsp3) is 0.583. The van der Waals surface area contributed by atoms with Crippen molar-refractivity contribution < 1.29 is 13.2 Å². The Morgan fingerprint density at radius 2 is 2.00 bits per heavy atom. The smallest absolute Gasteiger partial charge is 0.366 e. The van der Waals surface area contributed by atoms with E-state index in [2.05, 4.69) is 10.3 Å². The number of anilines is 1. The average molecular weight is 315 g/mol. The number of nitrogens with one attached hydrogen (secondary N) is 1. The fourth-order valence-corrected chi connectivity index (χ4v) is 2.02. The lowest BCUT2D eigenvalue weighted by molar-refractivity contribution is -0.137. The summed E-state index contributed by atoms with van der Waals surface area (Å²) >= 11 is 11.5. The number of nitrogens with zero attached hydrogens (tertiary/aromatic N) is 1. The molecule has 1 aromatic rings. The van der Waals surface area contributed by atoms with Crippen LogP contribution in [0.25, 0.3) is 0 Å². The molecule has 1 N–H and O–H groups in total. The first-order valence-electron chi connectivity index (χ1n) is 5.81. The monoisotopic (exact) mass is 314 g/mol. The molecule has 1 unspecified atom stereocenters. The number of hydrogen-bond acceptors (Lipinski definition) is 2. The van der Waals surface area contributed by atoms with Gasteiger partial charge in [-0.2, -0.15) is 13.2 Å². The van der Waals surface area contributed by atoms with Crippen LogP contribution in [0.2, 0.25) is 5.02 Å². The van der Waals surface area contributed by atoms with Crippen LogP contribution in [0.1, 0.15) is 25.8 Å². The highest BCUT2D eigenvalue weighted by molar-refractivity contribution is 6.33. The molecule has 0 aliphatic heterocycles. The van der Waals surface area contributed by atoms with Gasteiger partial charge in [0.1, 0.15) is 5.82 Å². The quantitative estimate of drug-likeness (QED) is 0.788. The van der Waals surface area contributed by atoms with Crippen molar-refractivity contribution in [2.75, 3.05) is 11.2 Å². The Morgan fingerprint density at radius 3 is 2.42 bits per heavy atom. The van der Waals surface area contributed by atoms with Gasteiger partial charge in [-0.3, -0.25) is 0 Å². The van der Waals surface area contributed by atoms with E-state index in [0.717, 1.165) is 12.3 Å². The molecule has 108 valence electrons. The van der Waals surface area contributed by atoms with E-state index in [9.17, 15) is 13.2 Å². The Kier molecular flexibility index (Phi) is 5.74. The van der Waals surface area contributed by atoms with E-state index in [4.69, 9.17) is 23.2 Å². The molecule has 1 atom stereocenters. The average Bonchev–Trinajstić information content (AvgIpc) is 2.29. The second-order valence-corrected chi connectivity index (χ2v) is 5.31. The van der Waals surface area contributed by atoms with E-state index in [-0.39, 0.29) is 22.8 Å². The van der Waals surface area contributed by atoms with E-state index >= 15 is 0 Å². The van der Waals surface area contributed by atoms with Crippen molar-refractivity contribution in [1.82, 2.24) is 4.98 Å². The van der Waals surface area contributed by atoms with Crippen LogP contribution >= 0.6 is 23.2 Å². The van der Waals surface area contributed by atoms with Crippen molar-refractivity contribution in [3.63, 3.8) is 0 Å². The standard InChI is InChI=1S/C12H15Cl2F3N2/c1-7(2)10(3-4-13)19-11-9(14)5-8(6-18-11)12(15,16)17/h5-7,10H,3-4H2,1-2H3,(H,18,19). The summed E-state index contributed by atoms with van der Waals surface area (Å²) in [6.07, 6.45) is -2.99. The summed E-state index contributed by atoms with van der Waals surface area (Å²) in [5.74, 6) is 0.964. The molecular formula is C12H15Cl2F3N2. The maximum atomic E-state index is 12.5. The summed E-state index contributed by atoms with van der Waals surface area (Å²) in [7, 11) is 0. The molecule has 1 rings (SSSR count). The van der Waals surface area contributed by atoms with Gasteiger partial charge in [0.25, 0.3) is 0 Å². The number of alkyl halides is 4. The molecule has 1 heterocycles. The van der Waals surface area contributed by atoms with Crippen molar-refractivity contribution in [2.45, 2.75) is 32.5 Å². The normalized spacial score (nSPS) is 13.7. The predicted molar refractivity (Wildman–Crippen MR) is 71.8 cm³/mol. The van der Waals surface area contributed by atoms with Gasteiger partial charge in [-0.1, -0.05) is 25.4 Å². The Balaban J connectivity index is 2.90. The van der Waals surface area contributed by atoms with Crippen molar-refractivity contribution in [2.24, 2.45) is 5.92 Å². The Labute approximate surface area is 120 Å². The van der Waals surface area contributed by atoms with Crippen LogP contribution in [0.5, 0.6) is 0 Å². The molecular weight excluding hydrogens is 300 g/mol. The van der Waals surface area contributed by atoms with Gasteiger partial charge >= 0.3 is 6.18 Å². The van der Waals surface area contributed by atoms with Crippen molar-refractivity contribution in [3.05, 3.63) is 22.8 Å². The number of rotatable bonds is 5. The van der Waals surface area contributed by atoms with Gasteiger partial charge in [0, 0.05) is 18.1 Å². The minimum absolute atomic E-state index is 0.0132. The molecule has 0 saturated heterocycles. The maximum absolute atomic E-state index is 12.5. The summed E-state index contributed by atoms with van der Waals surface area (Å²) in [4.78, 5) is 3.74. The first kappa shape index (κ1) is 16.4. The Morgan fingerprint density at radius 1 is 1.37 bits per heavy atom. The molecule has 0 bridgehead atoms. The van der Waals surface area contributed by atoms with E-state index < -0.39 is 11.7 Å². The minimum atomic E-state index is -4.44. The van der Waals surface area contributed by atoms with Crippen LogP contribution in [0.3, 0.4) is 0 Å². The lowest BCUT2D eigenvalue weighted by atomic mass is 10.0. The lowest BCUT2D eigenvalue weighted by Gasteiger charge is -2.22. The summed E-state index contributed by atoms with van der Waals surface area (Å²) < 4.78 is 37.4. The van der Waals surface area contributed by atoms with Crippen LogP contribution in [-0.4, -0.2) is 16.9 Å². The Hall–Kier alpha value is -0.680. The highest BCUT2D eigenvalue weighted by Gasteiger charge is 2.31. The van der Waals surface area contributed by atoms with Crippen LogP contribution in [-0.2, 0) is 6.18 Å². The van der Waals surface area contributed by atoms with Gasteiger partial charge in [-0.25, -0.2) is 4.98 Å². The third-order valence-corrected chi connectivity index (χ3v) is 3.22. The second-order valence-electron chi connectivity index (χ2n) is 4.52. The van der Waals surface area contributed by atoms with Crippen LogP contribution in [0.15, 0.2) is 12.3 Å². The highest BCUT2D eigenvalue weighted by Crippen LogP contribution is 2.32. The predicted octanol–water partition coefficient (Wildman–Crippen LogP) is 4.82. The maximum Gasteiger partial charge on any atom is 0.417 e. The molecule has 1 aromatic heterocycles. The van der Waals surface area contributed by atoms with E-state index in [1.54, 1.807) is 0 Å². The SMILES string of the molecule is CC(C)C(CCCl)Nc1ncc(C(F)(F)F)cc1Cl. The van der Waals surface area contributed by atoms with Gasteiger partial charge in [0.15, 0.2) is 0 Å². The summed E-state index contributed by atoms with van der Waals surface area (Å²) in [5, 5.41) is 2.99. The van der Waals surface area contributed by atoms with Gasteiger partial charge in [-0.15, -0.1) is 11.6 Å². The summed E-state index contributed by atoms with van der Waals surface area (Å²) in [6.45, 7) is 3.98. The van der Waals surface area contributed by atoms with Gasteiger partial charge in [-0.05, 0) is 18.4 Å². The van der Waals surface area contributed by atoms with Crippen molar-refractivity contribution in [3.8, 4) is 0 Å². The minimum Gasteiger partial charge on any atom is -0.366 e. The van der Waals surface area contributed by atoms with Crippen LogP contribution in [0.4, 0.5) is 19.0 Å². The first-order chi connectivity index (χ1) is 8.75. The third kappa shape index (κ3) is 4.73. The van der Waals surface area contributed by atoms with Crippen LogP contribution < -0.4 is 5.32 Å². The lowest BCUT2D eigenvalue weighted by Crippen LogP contribution is -2.27. The Bertz CT molecular complexity index is 422. The highest BCUT2D eigenvalue weighted by atomic mass is 35.5. The summed E-state index contributed by atoms with van der Waals surface area (Å²) in [6, 6.07) is 0.883. The van der Waals surface area contributed by atoms with Crippen molar-refractivity contribution >= 4 is 29.0 Å². The third-order valence-electron chi connectivity index (χ3n) is 2.72. The summed E-state index contributed by atoms with van der Waals surface area (Å²) in [5.41, 5.74) is -0.860.